The predicted octanol–water partition coefficient (Wildman–Crippen LogP) is 7.69. The highest BCUT2D eigenvalue weighted by Crippen LogP contribution is 2.38. The number of rotatable bonds is 11. The van der Waals surface area contributed by atoms with Crippen LogP contribution in [0.1, 0.15) is 34.0 Å². The first-order valence-corrected chi connectivity index (χ1v) is 13.9. The fourth-order valence-electron chi connectivity index (χ4n) is 4.76. The number of carbonyl (C=O) groups is 1. The second-order valence-corrected chi connectivity index (χ2v) is 9.86. The zero-order chi connectivity index (χ0) is 30.2. The molecule has 1 amide bonds. The second kappa shape index (κ2) is 13.7. The van der Waals surface area contributed by atoms with E-state index in [0.717, 1.165) is 24.1 Å². The fourth-order valence-corrected chi connectivity index (χ4v) is 4.76. The molecule has 0 spiro atoms. The number of anilines is 1. The van der Waals surface area contributed by atoms with Crippen molar-refractivity contribution in [1.82, 2.24) is 4.98 Å². The number of hydrogen-bond acceptors (Lipinski definition) is 4. The summed E-state index contributed by atoms with van der Waals surface area (Å²) in [6.45, 7) is 2.41. The molecule has 6 nitrogen and oxygen atoms in total. The molecule has 0 aliphatic carbocycles. The molecule has 43 heavy (non-hydrogen) atoms. The van der Waals surface area contributed by atoms with Crippen LogP contribution in [0.4, 0.5) is 14.5 Å². The Balaban J connectivity index is 1.48. The number of carbonyl (C=O) groups excluding carboxylic acids is 1. The lowest BCUT2D eigenvalue weighted by Gasteiger charge is -2.17. The van der Waals surface area contributed by atoms with E-state index in [1.807, 2.05) is 43.3 Å². The van der Waals surface area contributed by atoms with Crippen LogP contribution in [-0.4, -0.2) is 17.5 Å². The van der Waals surface area contributed by atoms with Crippen molar-refractivity contribution in [2.45, 2.75) is 26.4 Å². The zero-order valence-electron chi connectivity index (χ0n) is 23.5. The van der Waals surface area contributed by atoms with Crippen molar-refractivity contribution in [2.75, 3.05) is 11.9 Å². The number of hydrogen-bond donors (Lipinski definition) is 2. The number of halogens is 2. The minimum absolute atomic E-state index is 0.144. The van der Waals surface area contributed by atoms with Crippen LogP contribution in [0, 0.1) is 11.6 Å². The molecule has 0 bridgehead atoms. The minimum Gasteiger partial charge on any atom is -0.454 e. The third-order valence-electron chi connectivity index (χ3n) is 6.90. The Bertz CT molecular complexity index is 1790. The van der Waals surface area contributed by atoms with Gasteiger partial charge in [0.25, 0.3) is 5.91 Å². The van der Waals surface area contributed by atoms with Gasteiger partial charge in [-0.3, -0.25) is 9.59 Å². The van der Waals surface area contributed by atoms with E-state index in [-0.39, 0.29) is 29.6 Å². The standard InChI is InChI=1S/C35H30F2N2O4/c1-2-42-22-25-18-34(40)38-21-30(25)29-20-27(15-17-32(29)43-33-16-14-26(36)19-31(33)37)39-35(41)28-11-7-6-10-24(28)13-12-23-8-4-3-5-9-23/h3-11,14-21H,2,12-13,22H2,1H3,(H,38,40)(H,39,41). The van der Waals surface area contributed by atoms with E-state index in [0.29, 0.717) is 41.0 Å². The topological polar surface area (TPSA) is 80.4 Å². The molecule has 4 aromatic carbocycles. The van der Waals surface area contributed by atoms with Gasteiger partial charge in [0, 0.05) is 47.3 Å². The van der Waals surface area contributed by atoms with Gasteiger partial charge in [0.15, 0.2) is 11.6 Å². The van der Waals surface area contributed by atoms with Gasteiger partial charge in [0.1, 0.15) is 11.6 Å². The molecule has 0 fully saturated rings. The van der Waals surface area contributed by atoms with Gasteiger partial charge in [0.05, 0.1) is 6.61 Å². The average Bonchev–Trinajstić information content (AvgIpc) is 3.01. The highest BCUT2D eigenvalue weighted by Gasteiger charge is 2.18. The number of benzene rings is 4. The number of aromatic amines is 1. The first-order valence-electron chi connectivity index (χ1n) is 13.9. The molecule has 0 saturated heterocycles. The molecule has 0 unspecified atom stereocenters. The Labute approximate surface area is 248 Å². The van der Waals surface area contributed by atoms with Gasteiger partial charge in [-0.25, -0.2) is 8.78 Å². The molecule has 1 aromatic heterocycles. The van der Waals surface area contributed by atoms with Gasteiger partial charge in [-0.05, 0) is 72.9 Å². The maximum absolute atomic E-state index is 14.5. The third kappa shape index (κ3) is 7.42. The summed E-state index contributed by atoms with van der Waals surface area (Å²) in [6.07, 6.45) is 2.99. The summed E-state index contributed by atoms with van der Waals surface area (Å²) < 4.78 is 39.5. The number of amides is 1. The predicted molar refractivity (Wildman–Crippen MR) is 163 cm³/mol. The molecule has 0 radical (unpaired) electrons. The first-order chi connectivity index (χ1) is 20.9. The lowest BCUT2D eigenvalue weighted by molar-refractivity contribution is 0.102. The van der Waals surface area contributed by atoms with Gasteiger partial charge >= 0.3 is 0 Å². The lowest BCUT2D eigenvalue weighted by atomic mass is 9.98. The number of aromatic nitrogens is 1. The summed E-state index contributed by atoms with van der Waals surface area (Å²) in [5, 5.41) is 2.97. The quantitative estimate of drug-likeness (QED) is 0.168. The fraction of sp³-hybridized carbons (Fsp3) is 0.143. The molecule has 5 aromatic rings. The van der Waals surface area contributed by atoms with Crippen molar-refractivity contribution in [2.24, 2.45) is 0 Å². The van der Waals surface area contributed by atoms with Crippen LogP contribution in [0.5, 0.6) is 11.5 Å². The molecule has 0 aliphatic rings. The van der Waals surface area contributed by atoms with Crippen LogP contribution in [0.25, 0.3) is 11.1 Å². The summed E-state index contributed by atoms with van der Waals surface area (Å²) in [5.74, 6) is -1.83. The van der Waals surface area contributed by atoms with Crippen LogP contribution < -0.4 is 15.6 Å². The summed E-state index contributed by atoms with van der Waals surface area (Å²) in [6, 6.07) is 26.9. The van der Waals surface area contributed by atoms with Gasteiger partial charge in [-0.15, -0.1) is 0 Å². The molecular formula is C35H30F2N2O4. The Morgan fingerprint density at radius 2 is 1.58 bits per heavy atom. The highest BCUT2D eigenvalue weighted by atomic mass is 19.1. The van der Waals surface area contributed by atoms with Gasteiger partial charge in [-0.2, -0.15) is 0 Å². The number of nitrogens with one attached hydrogen (secondary N) is 2. The summed E-state index contributed by atoms with van der Waals surface area (Å²) in [4.78, 5) is 28.3. The van der Waals surface area contributed by atoms with Crippen molar-refractivity contribution in [1.29, 1.82) is 0 Å². The van der Waals surface area contributed by atoms with E-state index >= 15 is 0 Å². The normalized spacial score (nSPS) is 10.9. The smallest absolute Gasteiger partial charge is 0.255 e. The van der Waals surface area contributed by atoms with E-state index in [2.05, 4.69) is 22.4 Å². The van der Waals surface area contributed by atoms with E-state index < -0.39 is 11.6 Å². The highest BCUT2D eigenvalue weighted by molar-refractivity contribution is 6.05. The number of pyridine rings is 1. The maximum atomic E-state index is 14.5. The monoisotopic (exact) mass is 580 g/mol. The zero-order valence-corrected chi connectivity index (χ0v) is 23.5. The van der Waals surface area contributed by atoms with E-state index in [1.54, 1.807) is 24.3 Å². The Hall–Kier alpha value is -5.08. The van der Waals surface area contributed by atoms with Crippen molar-refractivity contribution in [3.63, 3.8) is 0 Å². The molecule has 218 valence electrons. The molecule has 0 saturated carbocycles. The number of H-pyrrole nitrogens is 1. The molecule has 8 heteroatoms. The van der Waals surface area contributed by atoms with Crippen LogP contribution in [0.15, 0.2) is 108 Å². The average molecular weight is 581 g/mol. The lowest BCUT2D eigenvalue weighted by Crippen LogP contribution is -2.15. The van der Waals surface area contributed by atoms with Crippen molar-refractivity contribution in [3.05, 3.63) is 148 Å². The van der Waals surface area contributed by atoms with Gasteiger partial charge < -0.3 is 19.8 Å². The van der Waals surface area contributed by atoms with Crippen LogP contribution in [-0.2, 0) is 24.2 Å². The largest absolute Gasteiger partial charge is 0.454 e. The van der Waals surface area contributed by atoms with E-state index in [4.69, 9.17) is 9.47 Å². The van der Waals surface area contributed by atoms with Crippen molar-refractivity contribution in [3.8, 4) is 22.6 Å². The molecular weight excluding hydrogens is 550 g/mol. The van der Waals surface area contributed by atoms with Gasteiger partial charge in [-0.1, -0.05) is 48.5 Å². The molecule has 2 N–H and O–H groups in total. The SMILES string of the molecule is CCOCc1cc(=O)[nH]cc1-c1cc(NC(=O)c2ccccc2CCc2ccccc2)ccc1Oc1ccc(F)cc1F. The Morgan fingerprint density at radius 1 is 0.814 bits per heavy atom. The molecule has 0 atom stereocenters. The van der Waals surface area contributed by atoms with Crippen LogP contribution >= 0.6 is 0 Å². The van der Waals surface area contributed by atoms with Crippen molar-refractivity contribution < 1.29 is 23.0 Å². The summed E-state index contributed by atoms with van der Waals surface area (Å²) in [5.41, 5.74) is 4.38. The maximum Gasteiger partial charge on any atom is 0.255 e. The second-order valence-electron chi connectivity index (χ2n) is 9.86. The summed E-state index contributed by atoms with van der Waals surface area (Å²) >= 11 is 0. The van der Waals surface area contributed by atoms with Crippen molar-refractivity contribution >= 4 is 11.6 Å². The molecule has 0 aliphatic heterocycles. The first kappa shape index (κ1) is 29.4. The number of aryl methyl sites for hydroxylation is 2. The summed E-state index contributed by atoms with van der Waals surface area (Å²) in [7, 11) is 0. The van der Waals surface area contributed by atoms with Crippen LogP contribution in [0.3, 0.4) is 0 Å². The number of ether oxygens (including phenoxy) is 2. The minimum atomic E-state index is -0.869. The third-order valence-corrected chi connectivity index (χ3v) is 6.90. The Morgan fingerprint density at radius 3 is 2.37 bits per heavy atom. The Kier molecular flexibility index (Phi) is 9.39. The van der Waals surface area contributed by atoms with E-state index in [9.17, 15) is 18.4 Å². The molecule has 1 heterocycles. The molecule has 5 rings (SSSR count). The van der Waals surface area contributed by atoms with E-state index in [1.165, 1.54) is 23.9 Å². The van der Waals surface area contributed by atoms with Gasteiger partial charge in [0.2, 0.25) is 5.56 Å². The van der Waals surface area contributed by atoms with Crippen LogP contribution in [0.2, 0.25) is 0 Å².